The Labute approximate surface area is 105 Å². The number of nitrogens with zero attached hydrogens (tertiary/aromatic N) is 2. The van der Waals surface area contributed by atoms with E-state index in [1.807, 2.05) is 0 Å². The summed E-state index contributed by atoms with van der Waals surface area (Å²) in [6.07, 6.45) is 8.38. The van der Waals surface area contributed by atoms with Gasteiger partial charge in [-0.15, -0.1) is 0 Å². The normalized spacial score (nSPS) is 11.3. The number of fused-ring (bicyclic) bond motifs is 2. The van der Waals surface area contributed by atoms with Gasteiger partial charge in [0.2, 0.25) is 0 Å². The molecule has 4 rings (SSSR count). The molecule has 0 spiro atoms. The van der Waals surface area contributed by atoms with E-state index in [0.717, 1.165) is 0 Å². The molecule has 4 aromatic rings. The fourth-order valence-corrected chi connectivity index (χ4v) is 2.56. The van der Waals surface area contributed by atoms with E-state index in [9.17, 15) is 0 Å². The Balaban J connectivity index is 2.08. The summed E-state index contributed by atoms with van der Waals surface area (Å²) in [6, 6.07) is 16.9. The Morgan fingerprint density at radius 3 is 1.50 bits per heavy atom. The Bertz CT molecular complexity index is 764. The number of rotatable bonds is 1. The third kappa shape index (κ3) is 1.23. The van der Waals surface area contributed by atoms with Crippen LogP contribution in [-0.2, 0) is 0 Å². The highest BCUT2D eigenvalue weighted by Gasteiger charge is 2.08. The SMILES string of the molecule is c1ccn2ccc(-c3ccn4ccccc34)c2c1. The summed E-state index contributed by atoms with van der Waals surface area (Å²) < 4.78 is 4.31. The molecule has 0 saturated carbocycles. The van der Waals surface area contributed by atoms with Crippen molar-refractivity contribution in [2.24, 2.45) is 0 Å². The summed E-state index contributed by atoms with van der Waals surface area (Å²) in [5, 5.41) is 0. The van der Waals surface area contributed by atoms with Gasteiger partial charge in [-0.1, -0.05) is 12.1 Å². The minimum absolute atomic E-state index is 1.24. The quantitative estimate of drug-likeness (QED) is 0.471. The molecule has 0 unspecified atom stereocenters. The van der Waals surface area contributed by atoms with E-state index in [4.69, 9.17) is 0 Å². The summed E-state index contributed by atoms with van der Waals surface area (Å²) in [7, 11) is 0. The van der Waals surface area contributed by atoms with E-state index in [0.29, 0.717) is 0 Å². The average Bonchev–Trinajstić information content (AvgIpc) is 3.01. The van der Waals surface area contributed by atoms with Crippen LogP contribution in [0.5, 0.6) is 0 Å². The van der Waals surface area contributed by atoms with E-state index < -0.39 is 0 Å². The van der Waals surface area contributed by atoms with Crippen LogP contribution >= 0.6 is 0 Å². The molecule has 0 aliphatic rings. The standard InChI is InChI=1S/C16H12N2/c1-3-9-17-11-7-13(15(17)5-1)14-8-12-18-10-4-2-6-16(14)18/h1-12H. The van der Waals surface area contributed by atoms with Crippen LogP contribution < -0.4 is 0 Å². The predicted octanol–water partition coefficient (Wildman–Crippen LogP) is 3.86. The van der Waals surface area contributed by atoms with Gasteiger partial charge in [0, 0.05) is 35.9 Å². The van der Waals surface area contributed by atoms with Crippen LogP contribution in [0.25, 0.3) is 22.2 Å². The van der Waals surface area contributed by atoms with Gasteiger partial charge in [0.25, 0.3) is 0 Å². The van der Waals surface area contributed by atoms with Crippen LogP contribution in [0.15, 0.2) is 73.3 Å². The second-order valence-electron chi connectivity index (χ2n) is 4.45. The Kier molecular flexibility index (Phi) is 1.86. The average molecular weight is 232 g/mol. The molecule has 0 bridgehead atoms. The zero-order chi connectivity index (χ0) is 11.9. The maximum Gasteiger partial charge on any atom is 0.0529 e. The van der Waals surface area contributed by atoms with Crippen molar-refractivity contribution in [3.8, 4) is 11.1 Å². The molecule has 0 saturated heterocycles. The van der Waals surface area contributed by atoms with Crippen molar-refractivity contribution in [3.63, 3.8) is 0 Å². The van der Waals surface area contributed by atoms with Crippen LogP contribution in [-0.4, -0.2) is 8.80 Å². The molecule has 0 fully saturated rings. The lowest BCUT2D eigenvalue weighted by Gasteiger charge is -2.00. The van der Waals surface area contributed by atoms with E-state index >= 15 is 0 Å². The Morgan fingerprint density at radius 1 is 0.500 bits per heavy atom. The maximum absolute atomic E-state index is 2.18. The van der Waals surface area contributed by atoms with Gasteiger partial charge in [-0.3, -0.25) is 0 Å². The molecule has 86 valence electrons. The molecule has 0 aliphatic carbocycles. The lowest BCUT2D eigenvalue weighted by molar-refractivity contribution is 1.20. The molecule has 0 N–H and O–H groups in total. The van der Waals surface area contributed by atoms with Crippen LogP contribution in [0.4, 0.5) is 0 Å². The highest BCUT2D eigenvalue weighted by molar-refractivity contribution is 5.90. The van der Waals surface area contributed by atoms with Crippen LogP contribution in [0.3, 0.4) is 0 Å². The van der Waals surface area contributed by atoms with Crippen LogP contribution in [0, 0.1) is 0 Å². The van der Waals surface area contributed by atoms with Gasteiger partial charge >= 0.3 is 0 Å². The highest BCUT2D eigenvalue weighted by atomic mass is 14.9. The fourth-order valence-electron chi connectivity index (χ4n) is 2.56. The third-order valence-electron chi connectivity index (χ3n) is 3.43. The first-order valence-electron chi connectivity index (χ1n) is 6.05. The number of hydrogen-bond acceptors (Lipinski definition) is 0. The monoisotopic (exact) mass is 232 g/mol. The van der Waals surface area contributed by atoms with Crippen molar-refractivity contribution in [1.82, 2.24) is 8.80 Å². The first-order valence-corrected chi connectivity index (χ1v) is 6.05. The van der Waals surface area contributed by atoms with E-state index in [1.165, 1.54) is 22.2 Å². The van der Waals surface area contributed by atoms with E-state index in [1.54, 1.807) is 0 Å². The summed E-state index contributed by atoms with van der Waals surface area (Å²) in [6.45, 7) is 0. The van der Waals surface area contributed by atoms with Gasteiger partial charge < -0.3 is 8.80 Å². The molecule has 4 aromatic heterocycles. The number of aromatic nitrogens is 2. The molecule has 0 amide bonds. The van der Waals surface area contributed by atoms with Crippen molar-refractivity contribution in [1.29, 1.82) is 0 Å². The predicted molar refractivity (Wildman–Crippen MR) is 73.8 cm³/mol. The molecule has 0 aliphatic heterocycles. The first-order chi connectivity index (χ1) is 8.93. The zero-order valence-electron chi connectivity index (χ0n) is 9.82. The molecular weight excluding hydrogens is 220 g/mol. The van der Waals surface area contributed by atoms with Gasteiger partial charge in [-0.25, -0.2) is 0 Å². The largest absolute Gasteiger partial charge is 0.323 e. The molecule has 2 nitrogen and oxygen atoms in total. The molecule has 2 heteroatoms. The number of hydrogen-bond donors (Lipinski definition) is 0. The molecule has 18 heavy (non-hydrogen) atoms. The second-order valence-corrected chi connectivity index (χ2v) is 4.45. The minimum Gasteiger partial charge on any atom is -0.323 e. The highest BCUT2D eigenvalue weighted by Crippen LogP contribution is 2.29. The van der Waals surface area contributed by atoms with Crippen LogP contribution in [0.2, 0.25) is 0 Å². The Hall–Kier alpha value is -2.48. The first kappa shape index (κ1) is 9.54. The summed E-state index contributed by atoms with van der Waals surface area (Å²) in [5.41, 5.74) is 5.05. The van der Waals surface area contributed by atoms with Gasteiger partial charge in [-0.2, -0.15) is 0 Å². The van der Waals surface area contributed by atoms with Gasteiger partial charge in [-0.05, 0) is 36.4 Å². The topological polar surface area (TPSA) is 8.82 Å². The fraction of sp³-hybridized carbons (Fsp3) is 0. The lowest BCUT2D eigenvalue weighted by Crippen LogP contribution is -1.82. The van der Waals surface area contributed by atoms with Crippen molar-refractivity contribution >= 4 is 11.0 Å². The number of pyridine rings is 2. The van der Waals surface area contributed by atoms with E-state index in [2.05, 4.69) is 82.1 Å². The molecule has 4 heterocycles. The molecule has 0 aromatic carbocycles. The Morgan fingerprint density at radius 2 is 1.00 bits per heavy atom. The van der Waals surface area contributed by atoms with Crippen LogP contribution in [0.1, 0.15) is 0 Å². The van der Waals surface area contributed by atoms with E-state index in [-0.39, 0.29) is 0 Å². The van der Waals surface area contributed by atoms with Gasteiger partial charge in [0.05, 0.1) is 11.0 Å². The van der Waals surface area contributed by atoms with Crippen molar-refractivity contribution in [3.05, 3.63) is 73.3 Å². The molecule has 0 radical (unpaired) electrons. The van der Waals surface area contributed by atoms with Crippen molar-refractivity contribution in [2.75, 3.05) is 0 Å². The van der Waals surface area contributed by atoms with Crippen molar-refractivity contribution in [2.45, 2.75) is 0 Å². The third-order valence-corrected chi connectivity index (χ3v) is 3.43. The lowest BCUT2D eigenvalue weighted by atomic mass is 10.1. The summed E-state index contributed by atoms with van der Waals surface area (Å²) in [4.78, 5) is 0. The molecule has 0 atom stereocenters. The van der Waals surface area contributed by atoms with Crippen molar-refractivity contribution < 1.29 is 0 Å². The second kappa shape index (κ2) is 3.50. The summed E-state index contributed by atoms with van der Waals surface area (Å²) in [5.74, 6) is 0. The zero-order valence-corrected chi connectivity index (χ0v) is 9.82. The minimum atomic E-state index is 1.24. The smallest absolute Gasteiger partial charge is 0.0529 e. The van der Waals surface area contributed by atoms with Gasteiger partial charge in [0.15, 0.2) is 0 Å². The summed E-state index contributed by atoms with van der Waals surface area (Å²) >= 11 is 0. The van der Waals surface area contributed by atoms with Gasteiger partial charge in [0.1, 0.15) is 0 Å². The molecular formula is C16H12N2. The maximum atomic E-state index is 2.18.